The highest BCUT2D eigenvalue weighted by atomic mass is 35.5. The zero-order chi connectivity index (χ0) is 11.6. The Morgan fingerprint density at radius 3 is 2.69 bits per heavy atom. The van der Waals surface area contributed by atoms with Gasteiger partial charge < -0.3 is 0 Å². The molecule has 0 saturated carbocycles. The van der Waals surface area contributed by atoms with Crippen molar-refractivity contribution >= 4 is 22.9 Å². The van der Waals surface area contributed by atoms with Gasteiger partial charge in [-0.05, 0) is 31.3 Å². The van der Waals surface area contributed by atoms with Crippen LogP contribution in [-0.4, -0.2) is 23.0 Å². The van der Waals surface area contributed by atoms with Gasteiger partial charge in [0.25, 0.3) is 0 Å². The molecule has 0 unspecified atom stereocenters. The fourth-order valence-electron chi connectivity index (χ4n) is 2.18. The number of piperidine rings is 1. The van der Waals surface area contributed by atoms with Crippen LogP contribution in [0.2, 0.25) is 4.47 Å². The summed E-state index contributed by atoms with van der Waals surface area (Å²) in [5.41, 5.74) is 0.571. The molecule has 0 N–H and O–H groups in total. The van der Waals surface area contributed by atoms with Crippen LogP contribution in [0.25, 0.3) is 0 Å². The average molecular weight is 259 g/mol. The summed E-state index contributed by atoms with van der Waals surface area (Å²) in [5, 5.41) is 0. The summed E-state index contributed by atoms with van der Waals surface area (Å²) in [4.78, 5) is 7.88. The quantitative estimate of drug-likeness (QED) is 0.820. The summed E-state index contributed by atoms with van der Waals surface area (Å²) in [6, 6.07) is 0. The van der Waals surface area contributed by atoms with Gasteiger partial charge in [0.15, 0.2) is 4.47 Å². The maximum Gasteiger partial charge on any atom is 0.183 e. The molecule has 0 amide bonds. The highest BCUT2D eigenvalue weighted by Crippen LogP contribution is 2.34. The lowest BCUT2D eigenvalue weighted by molar-refractivity contribution is 0.110. The molecule has 0 spiro atoms. The van der Waals surface area contributed by atoms with E-state index in [4.69, 9.17) is 11.6 Å². The minimum Gasteiger partial charge on any atom is -0.298 e. The average Bonchev–Trinajstić information content (AvgIpc) is 2.68. The summed E-state index contributed by atoms with van der Waals surface area (Å²) in [6.45, 7) is 8.15. The number of halogens is 1. The van der Waals surface area contributed by atoms with E-state index in [9.17, 15) is 0 Å². The highest BCUT2D eigenvalue weighted by Gasteiger charge is 2.28. The van der Waals surface area contributed by atoms with Gasteiger partial charge in [-0.2, -0.15) is 0 Å². The van der Waals surface area contributed by atoms with Crippen LogP contribution in [0.4, 0.5) is 0 Å². The minimum absolute atomic E-state index is 0.571. The first-order chi connectivity index (χ1) is 7.61. The van der Waals surface area contributed by atoms with Crippen molar-refractivity contribution in [1.29, 1.82) is 0 Å². The maximum atomic E-state index is 5.83. The van der Waals surface area contributed by atoms with Crippen LogP contribution in [0.3, 0.4) is 0 Å². The third kappa shape index (κ3) is 2.96. The van der Waals surface area contributed by atoms with Crippen LogP contribution in [0.1, 0.15) is 38.0 Å². The molecule has 1 fully saturated rings. The largest absolute Gasteiger partial charge is 0.298 e. The third-order valence-electron chi connectivity index (χ3n) is 3.82. The van der Waals surface area contributed by atoms with E-state index in [1.54, 1.807) is 11.3 Å². The SMILES string of the molecule is CCC1(C)CCN(Cc2cnc(Cl)s2)CC1. The van der Waals surface area contributed by atoms with E-state index in [1.165, 1.54) is 37.2 Å². The molecule has 1 aliphatic rings. The van der Waals surface area contributed by atoms with Gasteiger partial charge in [0, 0.05) is 17.6 Å². The van der Waals surface area contributed by atoms with Gasteiger partial charge in [0.2, 0.25) is 0 Å². The van der Waals surface area contributed by atoms with E-state index in [0.717, 1.165) is 6.54 Å². The van der Waals surface area contributed by atoms with Crippen molar-refractivity contribution in [3.8, 4) is 0 Å². The number of likely N-dealkylation sites (tertiary alicyclic amines) is 1. The Labute approximate surface area is 107 Å². The Balaban J connectivity index is 1.86. The van der Waals surface area contributed by atoms with Crippen molar-refractivity contribution in [2.75, 3.05) is 13.1 Å². The lowest BCUT2D eigenvalue weighted by Crippen LogP contribution is -2.37. The van der Waals surface area contributed by atoms with Gasteiger partial charge in [0.05, 0.1) is 0 Å². The normalized spacial score (nSPS) is 21.2. The van der Waals surface area contributed by atoms with E-state index in [1.807, 2.05) is 6.20 Å². The Morgan fingerprint density at radius 2 is 2.19 bits per heavy atom. The Kier molecular flexibility index (Phi) is 3.88. The second kappa shape index (κ2) is 5.03. The van der Waals surface area contributed by atoms with Crippen LogP contribution in [0.5, 0.6) is 0 Å². The van der Waals surface area contributed by atoms with Crippen LogP contribution in [0, 0.1) is 5.41 Å². The number of aromatic nitrogens is 1. The monoisotopic (exact) mass is 258 g/mol. The molecule has 4 heteroatoms. The molecule has 16 heavy (non-hydrogen) atoms. The van der Waals surface area contributed by atoms with Gasteiger partial charge in [-0.25, -0.2) is 4.98 Å². The molecule has 1 aromatic heterocycles. The Hall–Kier alpha value is -0.120. The summed E-state index contributed by atoms with van der Waals surface area (Å²) in [7, 11) is 0. The summed E-state index contributed by atoms with van der Waals surface area (Å²) < 4.78 is 0.658. The minimum atomic E-state index is 0.571. The van der Waals surface area contributed by atoms with Crippen molar-refractivity contribution in [2.45, 2.75) is 39.7 Å². The predicted molar refractivity (Wildman–Crippen MR) is 70.0 cm³/mol. The lowest BCUT2D eigenvalue weighted by atomic mass is 9.78. The third-order valence-corrected chi connectivity index (χ3v) is 4.92. The molecular formula is C12H19ClN2S. The van der Waals surface area contributed by atoms with Crippen molar-refractivity contribution < 1.29 is 0 Å². The molecule has 2 rings (SSSR count). The molecule has 0 radical (unpaired) electrons. The lowest BCUT2D eigenvalue weighted by Gasteiger charge is -2.38. The topological polar surface area (TPSA) is 16.1 Å². The number of hydrogen-bond acceptors (Lipinski definition) is 3. The first kappa shape index (κ1) is 12.3. The van der Waals surface area contributed by atoms with Crippen molar-refractivity contribution in [1.82, 2.24) is 9.88 Å². The second-order valence-corrected chi connectivity index (χ2v) is 6.72. The number of nitrogens with zero attached hydrogens (tertiary/aromatic N) is 2. The molecular weight excluding hydrogens is 240 g/mol. The second-order valence-electron chi connectivity index (χ2n) is 5.02. The standard InChI is InChI=1S/C12H19ClN2S/c1-3-12(2)4-6-15(7-5-12)9-10-8-14-11(13)16-10/h8H,3-7,9H2,1-2H3. The smallest absolute Gasteiger partial charge is 0.183 e. The van der Waals surface area contributed by atoms with Gasteiger partial charge in [0.1, 0.15) is 0 Å². The molecule has 1 aromatic rings. The number of rotatable bonds is 3. The first-order valence-corrected chi connectivity index (χ1v) is 7.13. The molecule has 90 valence electrons. The Morgan fingerprint density at radius 1 is 1.50 bits per heavy atom. The van der Waals surface area contributed by atoms with Crippen LogP contribution < -0.4 is 0 Å². The molecule has 0 aromatic carbocycles. The highest BCUT2D eigenvalue weighted by molar-refractivity contribution is 7.15. The van der Waals surface area contributed by atoms with Gasteiger partial charge in [-0.1, -0.05) is 31.9 Å². The summed E-state index contributed by atoms with van der Waals surface area (Å²) >= 11 is 7.43. The fraction of sp³-hybridized carbons (Fsp3) is 0.750. The van der Waals surface area contributed by atoms with Crippen LogP contribution >= 0.6 is 22.9 Å². The molecule has 0 atom stereocenters. The van der Waals surface area contributed by atoms with E-state index in [-0.39, 0.29) is 0 Å². The van der Waals surface area contributed by atoms with Crippen molar-refractivity contribution in [3.05, 3.63) is 15.5 Å². The van der Waals surface area contributed by atoms with Crippen LogP contribution in [0.15, 0.2) is 6.20 Å². The Bertz CT molecular complexity index is 343. The van der Waals surface area contributed by atoms with Gasteiger partial charge in [-0.3, -0.25) is 4.90 Å². The first-order valence-electron chi connectivity index (χ1n) is 5.94. The van der Waals surface area contributed by atoms with Gasteiger partial charge in [-0.15, -0.1) is 11.3 Å². The van der Waals surface area contributed by atoms with Crippen molar-refractivity contribution in [3.63, 3.8) is 0 Å². The fourth-order valence-corrected chi connectivity index (χ4v) is 3.20. The molecule has 2 heterocycles. The van der Waals surface area contributed by atoms with E-state index in [0.29, 0.717) is 9.88 Å². The predicted octanol–water partition coefficient (Wildman–Crippen LogP) is 3.81. The van der Waals surface area contributed by atoms with Crippen molar-refractivity contribution in [2.24, 2.45) is 5.41 Å². The van der Waals surface area contributed by atoms with Crippen LogP contribution in [-0.2, 0) is 6.54 Å². The van der Waals surface area contributed by atoms with Gasteiger partial charge >= 0.3 is 0 Å². The molecule has 1 saturated heterocycles. The maximum absolute atomic E-state index is 5.83. The van der Waals surface area contributed by atoms with E-state index >= 15 is 0 Å². The summed E-state index contributed by atoms with van der Waals surface area (Å²) in [6.07, 6.45) is 5.83. The number of thiazole rings is 1. The summed E-state index contributed by atoms with van der Waals surface area (Å²) in [5.74, 6) is 0. The molecule has 0 bridgehead atoms. The molecule has 1 aliphatic heterocycles. The van der Waals surface area contributed by atoms with E-state index in [2.05, 4.69) is 23.7 Å². The molecule has 0 aliphatic carbocycles. The van der Waals surface area contributed by atoms with E-state index < -0.39 is 0 Å². The zero-order valence-corrected chi connectivity index (χ0v) is 11.6. The zero-order valence-electron chi connectivity index (χ0n) is 10.0. The number of hydrogen-bond donors (Lipinski definition) is 0. The molecule has 2 nitrogen and oxygen atoms in total.